The number of sulfonamides is 1. The first-order chi connectivity index (χ1) is 8.57. The molecule has 4 nitrogen and oxygen atoms in total. The van der Waals surface area contributed by atoms with Gasteiger partial charge in [-0.2, -0.15) is 0 Å². The lowest BCUT2D eigenvalue weighted by atomic mass is 10.1. The molecule has 0 aromatic heterocycles. The smallest absolute Gasteiger partial charge is 0.215 e. The Labute approximate surface area is 110 Å². The van der Waals surface area contributed by atoms with Crippen molar-refractivity contribution in [1.82, 2.24) is 10.0 Å². The Morgan fingerprint density at radius 3 is 2.56 bits per heavy atom. The fraction of sp³-hybridized carbons (Fsp3) is 0.538. The van der Waals surface area contributed by atoms with E-state index in [1.165, 1.54) is 0 Å². The number of nitrogens with one attached hydrogen (secondary N) is 2. The maximum atomic E-state index is 11.6. The zero-order valence-electron chi connectivity index (χ0n) is 11.1. The van der Waals surface area contributed by atoms with Crippen LogP contribution in [-0.4, -0.2) is 21.5 Å². The summed E-state index contributed by atoms with van der Waals surface area (Å²) < 4.78 is 25.8. The third-order valence-electron chi connectivity index (χ3n) is 2.47. The fourth-order valence-electron chi connectivity index (χ4n) is 1.73. The van der Waals surface area contributed by atoms with E-state index in [1.54, 1.807) is 6.92 Å². The van der Waals surface area contributed by atoms with Gasteiger partial charge in [0.2, 0.25) is 10.0 Å². The van der Waals surface area contributed by atoms with Gasteiger partial charge in [-0.1, -0.05) is 38.1 Å². The van der Waals surface area contributed by atoms with Gasteiger partial charge in [0.15, 0.2) is 0 Å². The molecule has 0 saturated heterocycles. The number of benzene rings is 1. The van der Waals surface area contributed by atoms with Crippen LogP contribution in [0.5, 0.6) is 0 Å². The number of rotatable bonds is 8. The maximum Gasteiger partial charge on any atom is 0.215 e. The highest BCUT2D eigenvalue weighted by Crippen LogP contribution is 2.08. The molecule has 0 aliphatic carbocycles. The van der Waals surface area contributed by atoms with Crippen LogP contribution >= 0.6 is 0 Å². The molecule has 0 spiro atoms. The third-order valence-corrected chi connectivity index (χ3v) is 3.91. The second kappa shape index (κ2) is 7.51. The molecule has 0 aliphatic rings. The second-order valence-corrected chi connectivity index (χ2v) is 6.06. The van der Waals surface area contributed by atoms with Crippen LogP contribution in [0.4, 0.5) is 0 Å². The van der Waals surface area contributed by atoms with Gasteiger partial charge in [0.1, 0.15) is 0 Å². The lowest BCUT2D eigenvalue weighted by Gasteiger charge is -2.07. The first-order valence-corrected chi connectivity index (χ1v) is 7.98. The van der Waals surface area contributed by atoms with E-state index in [0.717, 1.165) is 30.6 Å². The Morgan fingerprint density at radius 1 is 1.17 bits per heavy atom. The SMILES string of the molecule is CCCNCc1cccc(CS(=O)(=O)NCC)c1. The third kappa shape index (κ3) is 5.62. The minimum absolute atomic E-state index is 0.0441. The van der Waals surface area contributed by atoms with Crippen molar-refractivity contribution in [2.45, 2.75) is 32.6 Å². The first-order valence-electron chi connectivity index (χ1n) is 6.33. The molecular weight excluding hydrogens is 248 g/mol. The van der Waals surface area contributed by atoms with Crippen molar-refractivity contribution < 1.29 is 8.42 Å². The summed E-state index contributed by atoms with van der Waals surface area (Å²) in [7, 11) is -3.20. The standard InChI is InChI=1S/C13H22N2O2S/c1-3-8-14-10-12-6-5-7-13(9-12)11-18(16,17)15-4-2/h5-7,9,14-15H,3-4,8,10-11H2,1-2H3. The van der Waals surface area contributed by atoms with Gasteiger partial charge < -0.3 is 5.32 Å². The van der Waals surface area contributed by atoms with E-state index in [0.29, 0.717) is 6.54 Å². The van der Waals surface area contributed by atoms with Crippen LogP contribution in [0, 0.1) is 0 Å². The van der Waals surface area contributed by atoms with Gasteiger partial charge in [-0.15, -0.1) is 0 Å². The first kappa shape index (κ1) is 15.1. The molecule has 1 aromatic rings. The van der Waals surface area contributed by atoms with E-state index >= 15 is 0 Å². The van der Waals surface area contributed by atoms with E-state index in [2.05, 4.69) is 17.0 Å². The molecule has 5 heteroatoms. The Morgan fingerprint density at radius 2 is 1.89 bits per heavy atom. The summed E-state index contributed by atoms with van der Waals surface area (Å²) in [5.74, 6) is 0.0441. The molecule has 0 radical (unpaired) electrons. The summed E-state index contributed by atoms with van der Waals surface area (Å²) >= 11 is 0. The highest BCUT2D eigenvalue weighted by atomic mass is 32.2. The molecule has 0 unspecified atom stereocenters. The Kier molecular flexibility index (Phi) is 6.32. The number of hydrogen-bond donors (Lipinski definition) is 2. The van der Waals surface area contributed by atoms with Gasteiger partial charge in [0.05, 0.1) is 5.75 Å². The van der Waals surface area contributed by atoms with Crippen molar-refractivity contribution >= 4 is 10.0 Å². The molecule has 0 heterocycles. The van der Waals surface area contributed by atoms with Gasteiger partial charge in [-0.25, -0.2) is 13.1 Å². The van der Waals surface area contributed by atoms with Crippen molar-refractivity contribution in [2.24, 2.45) is 0 Å². The van der Waals surface area contributed by atoms with Crippen molar-refractivity contribution in [1.29, 1.82) is 0 Å². The second-order valence-electron chi connectivity index (χ2n) is 4.25. The molecule has 0 fully saturated rings. The lowest BCUT2D eigenvalue weighted by Crippen LogP contribution is -2.24. The fourth-order valence-corrected chi connectivity index (χ4v) is 2.89. The van der Waals surface area contributed by atoms with E-state index in [-0.39, 0.29) is 5.75 Å². The summed E-state index contributed by atoms with van der Waals surface area (Å²) in [6.07, 6.45) is 1.09. The van der Waals surface area contributed by atoms with Gasteiger partial charge in [-0.3, -0.25) is 0 Å². The predicted molar refractivity (Wildman–Crippen MR) is 74.7 cm³/mol. The average Bonchev–Trinajstić information content (AvgIpc) is 2.29. The van der Waals surface area contributed by atoms with Crippen LogP contribution < -0.4 is 10.0 Å². The van der Waals surface area contributed by atoms with Gasteiger partial charge in [-0.05, 0) is 24.1 Å². The summed E-state index contributed by atoms with van der Waals surface area (Å²) in [4.78, 5) is 0. The van der Waals surface area contributed by atoms with Crippen LogP contribution in [0.15, 0.2) is 24.3 Å². The maximum absolute atomic E-state index is 11.6. The molecule has 1 rings (SSSR count). The van der Waals surface area contributed by atoms with E-state index in [9.17, 15) is 8.42 Å². The minimum atomic E-state index is -3.20. The van der Waals surface area contributed by atoms with E-state index < -0.39 is 10.0 Å². The summed E-state index contributed by atoms with van der Waals surface area (Å²) in [6, 6.07) is 7.70. The number of hydrogen-bond acceptors (Lipinski definition) is 3. The Hall–Kier alpha value is -0.910. The van der Waals surface area contributed by atoms with Crippen LogP contribution in [0.3, 0.4) is 0 Å². The van der Waals surface area contributed by atoms with Crippen molar-refractivity contribution in [3.05, 3.63) is 35.4 Å². The normalized spacial score (nSPS) is 11.7. The zero-order valence-corrected chi connectivity index (χ0v) is 11.9. The molecule has 0 saturated carbocycles. The molecule has 0 amide bonds. The molecule has 1 aromatic carbocycles. The van der Waals surface area contributed by atoms with Gasteiger partial charge in [0, 0.05) is 13.1 Å². The quantitative estimate of drug-likeness (QED) is 0.706. The molecular formula is C13H22N2O2S. The highest BCUT2D eigenvalue weighted by molar-refractivity contribution is 7.88. The monoisotopic (exact) mass is 270 g/mol. The Bertz CT molecular complexity index is 458. The van der Waals surface area contributed by atoms with Crippen molar-refractivity contribution in [3.63, 3.8) is 0 Å². The molecule has 18 heavy (non-hydrogen) atoms. The lowest BCUT2D eigenvalue weighted by molar-refractivity contribution is 0.583. The van der Waals surface area contributed by atoms with E-state index in [4.69, 9.17) is 0 Å². The topological polar surface area (TPSA) is 58.2 Å². The highest BCUT2D eigenvalue weighted by Gasteiger charge is 2.09. The largest absolute Gasteiger partial charge is 0.313 e. The van der Waals surface area contributed by atoms with Gasteiger partial charge in [0.25, 0.3) is 0 Å². The minimum Gasteiger partial charge on any atom is -0.313 e. The molecule has 0 bridgehead atoms. The molecule has 2 N–H and O–H groups in total. The van der Waals surface area contributed by atoms with Crippen LogP contribution in [-0.2, 0) is 22.3 Å². The predicted octanol–water partition coefficient (Wildman–Crippen LogP) is 1.63. The molecule has 0 atom stereocenters. The summed E-state index contributed by atoms with van der Waals surface area (Å²) in [6.45, 7) is 6.08. The van der Waals surface area contributed by atoms with Crippen molar-refractivity contribution in [2.75, 3.05) is 13.1 Å². The summed E-state index contributed by atoms with van der Waals surface area (Å²) in [5.41, 5.74) is 1.94. The van der Waals surface area contributed by atoms with E-state index in [1.807, 2.05) is 24.3 Å². The zero-order chi connectivity index (χ0) is 13.4. The summed E-state index contributed by atoms with van der Waals surface area (Å²) in [5, 5.41) is 3.30. The van der Waals surface area contributed by atoms with Gasteiger partial charge >= 0.3 is 0 Å². The molecule has 102 valence electrons. The Balaban J connectivity index is 2.64. The van der Waals surface area contributed by atoms with Crippen molar-refractivity contribution in [3.8, 4) is 0 Å². The average molecular weight is 270 g/mol. The van der Waals surface area contributed by atoms with Crippen LogP contribution in [0.25, 0.3) is 0 Å². The molecule has 0 aliphatic heterocycles. The van der Waals surface area contributed by atoms with Crippen LogP contribution in [0.1, 0.15) is 31.4 Å². The van der Waals surface area contributed by atoms with Crippen LogP contribution in [0.2, 0.25) is 0 Å².